The number of nitrogens with one attached hydrogen (secondary N) is 1. The summed E-state index contributed by atoms with van der Waals surface area (Å²) in [5.74, 6) is 4.48. The van der Waals surface area contributed by atoms with E-state index in [2.05, 4.69) is 27.4 Å². The van der Waals surface area contributed by atoms with E-state index in [1.54, 1.807) is 0 Å². The first-order valence-electron chi connectivity index (χ1n) is 6.88. The van der Waals surface area contributed by atoms with Crippen molar-refractivity contribution < 1.29 is 8.78 Å². The number of benzene rings is 1. The topological polar surface area (TPSA) is 38.0 Å². The summed E-state index contributed by atoms with van der Waals surface area (Å²) in [5, 5.41) is 0. The molecule has 1 aliphatic carbocycles. The lowest BCUT2D eigenvalue weighted by Gasteiger charge is -2.21. The Bertz CT molecular complexity index is 503. The lowest BCUT2D eigenvalue weighted by Crippen LogP contribution is -2.37. The summed E-state index contributed by atoms with van der Waals surface area (Å²) in [5.41, 5.74) is 4.09. The van der Waals surface area contributed by atoms with Gasteiger partial charge in [0.1, 0.15) is 11.6 Å². The first-order valence-corrected chi connectivity index (χ1v) is 7.67. The lowest BCUT2D eigenvalue weighted by atomic mass is 9.92. The van der Waals surface area contributed by atoms with E-state index in [0.29, 0.717) is 0 Å². The van der Waals surface area contributed by atoms with Crippen molar-refractivity contribution >= 4 is 15.9 Å². The Morgan fingerprint density at radius 2 is 2.05 bits per heavy atom. The Labute approximate surface area is 126 Å². The van der Waals surface area contributed by atoms with E-state index < -0.39 is 11.6 Å². The molecule has 5 heteroatoms. The molecule has 1 aromatic rings. The molecule has 1 atom stereocenters. The fourth-order valence-electron chi connectivity index (χ4n) is 2.60. The van der Waals surface area contributed by atoms with E-state index in [1.807, 2.05) is 0 Å². The Hall–Kier alpha value is -0.780. The molecule has 1 aliphatic rings. The van der Waals surface area contributed by atoms with Crippen LogP contribution in [0.2, 0.25) is 0 Å². The number of hydrogen-bond acceptors (Lipinski definition) is 2. The van der Waals surface area contributed by atoms with Crippen LogP contribution in [0.4, 0.5) is 8.78 Å². The van der Waals surface area contributed by atoms with Gasteiger partial charge in [-0.3, -0.25) is 11.3 Å². The molecule has 1 unspecified atom stereocenters. The van der Waals surface area contributed by atoms with Crippen LogP contribution >= 0.6 is 15.9 Å². The number of hydrazine groups is 1. The molecule has 3 N–H and O–H groups in total. The number of rotatable bonds is 5. The molecule has 0 aliphatic heterocycles. The number of allylic oxidation sites excluding steroid dienone is 1. The van der Waals surface area contributed by atoms with Crippen LogP contribution in [0.15, 0.2) is 28.3 Å². The van der Waals surface area contributed by atoms with Crippen molar-refractivity contribution in [3.05, 3.63) is 45.5 Å². The van der Waals surface area contributed by atoms with Crippen LogP contribution in [0.5, 0.6) is 0 Å². The Morgan fingerprint density at radius 1 is 1.25 bits per heavy atom. The van der Waals surface area contributed by atoms with Gasteiger partial charge in [0.25, 0.3) is 0 Å². The summed E-state index contributed by atoms with van der Waals surface area (Å²) in [4.78, 5) is 0. The maximum atomic E-state index is 14.0. The number of hydrogen-bond donors (Lipinski definition) is 2. The first-order chi connectivity index (χ1) is 9.61. The molecule has 110 valence electrons. The summed E-state index contributed by atoms with van der Waals surface area (Å²) in [6.07, 6.45) is 7.75. The molecule has 0 radical (unpaired) electrons. The summed E-state index contributed by atoms with van der Waals surface area (Å²) in [7, 11) is 0. The van der Waals surface area contributed by atoms with Gasteiger partial charge in [0.2, 0.25) is 0 Å². The van der Waals surface area contributed by atoms with Crippen molar-refractivity contribution in [3.8, 4) is 0 Å². The van der Waals surface area contributed by atoms with Crippen molar-refractivity contribution in [2.24, 2.45) is 5.84 Å². The van der Waals surface area contributed by atoms with Gasteiger partial charge in [0.15, 0.2) is 0 Å². The maximum Gasteiger partial charge on any atom is 0.143 e. The third kappa shape index (κ3) is 3.87. The molecule has 2 nitrogen and oxygen atoms in total. The molecular formula is C15H19BrF2N2. The first kappa shape index (κ1) is 15.6. The van der Waals surface area contributed by atoms with Crippen molar-refractivity contribution in [1.29, 1.82) is 0 Å². The summed E-state index contributed by atoms with van der Waals surface area (Å²) in [6.45, 7) is 0. The van der Waals surface area contributed by atoms with Crippen LogP contribution in [0.3, 0.4) is 0 Å². The number of halogens is 3. The zero-order chi connectivity index (χ0) is 14.5. The van der Waals surface area contributed by atoms with Gasteiger partial charge in [-0.15, -0.1) is 0 Å². The van der Waals surface area contributed by atoms with Crippen LogP contribution in [-0.4, -0.2) is 6.04 Å². The minimum Gasteiger partial charge on any atom is -0.271 e. The average molecular weight is 345 g/mol. The van der Waals surface area contributed by atoms with Gasteiger partial charge in [-0.1, -0.05) is 11.6 Å². The van der Waals surface area contributed by atoms with E-state index >= 15 is 0 Å². The second-order valence-electron chi connectivity index (χ2n) is 5.20. The molecule has 0 amide bonds. The van der Waals surface area contributed by atoms with Gasteiger partial charge in [-0.2, -0.15) is 0 Å². The summed E-state index contributed by atoms with van der Waals surface area (Å²) >= 11 is 3.09. The Morgan fingerprint density at radius 3 is 2.70 bits per heavy atom. The Kier molecular flexibility index (Phi) is 5.69. The molecule has 1 aromatic carbocycles. The van der Waals surface area contributed by atoms with Crippen LogP contribution in [-0.2, 0) is 6.42 Å². The van der Waals surface area contributed by atoms with Gasteiger partial charge in [-0.25, -0.2) is 8.78 Å². The van der Waals surface area contributed by atoms with Crippen molar-refractivity contribution in [2.75, 3.05) is 0 Å². The smallest absolute Gasteiger partial charge is 0.143 e. The SMILES string of the molecule is NNC(CC1=CCCCC1)Cc1c(F)ccc(Br)c1F. The maximum absolute atomic E-state index is 14.0. The molecule has 0 spiro atoms. The zero-order valence-electron chi connectivity index (χ0n) is 11.3. The third-order valence-corrected chi connectivity index (χ3v) is 4.33. The van der Waals surface area contributed by atoms with E-state index in [4.69, 9.17) is 5.84 Å². The minimum atomic E-state index is -0.539. The van der Waals surface area contributed by atoms with Crippen molar-refractivity contribution in [3.63, 3.8) is 0 Å². The van der Waals surface area contributed by atoms with Crippen LogP contribution in [0.1, 0.15) is 37.7 Å². The molecule has 0 aromatic heterocycles. The normalized spacial score (nSPS) is 16.9. The van der Waals surface area contributed by atoms with Crippen LogP contribution < -0.4 is 11.3 Å². The Balaban J connectivity index is 2.10. The predicted octanol–water partition coefficient (Wildman–Crippen LogP) is 3.99. The second-order valence-corrected chi connectivity index (χ2v) is 6.06. The largest absolute Gasteiger partial charge is 0.271 e. The second kappa shape index (κ2) is 7.29. The molecule has 0 fully saturated rings. The van der Waals surface area contributed by atoms with Gasteiger partial charge in [-0.05, 0) is 66.6 Å². The highest BCUT2D eigenvalue weighted by atomic mass is 79.9. The van der Waals surface area contributed by atoms with Crippen LogP contribution in [0, 0.1) is 11.6 Å². The van der Waals surface area contributed by atoms with Crippen molar-refractivity contribution in [2.45, 2.75) is 44.6 Å². The molecule has 0 heterocycles. The summed E-state index contributed by atoms with van der Waals surface area (Å²) < 4.78 is 28.0. The molecule has 0 saturated carbocycles. The predicted molar refractivity (Wildman–Crippen MR) is 80.0 cm³/mol. The molecular weight excluding hydrogens is 326 g/mol. The van der Waals surface area contributed by atoms with Crippen LogP contribution in [0.25, 0.3) is 0 Å². The van der Waals surface area contributed by atoms with Gasteiger partial charge < -0.3 is 0 Å². The van der Waals surface area contributed by atoms with E-state index in [1.165, 1.54) is 30.5 Å². The van der Waals surface area contributed by atoms with Gasteiger partial charge in [0, 0.05) is 11.6 Å². The quantitative estimate of drug-likeness (QED) is 0.367. The molecule has 0 bridgehead atoms. The monoisotopic (exact) mass is 344 g/mol. The van der Waals surface area contributed by atoms with E-state index in [-0.39, 0.29) is 22.5 Å². The fourth-order valence-corrected chi connectivity index (χ4v) is 2.97. The van der Waals surface area contributed by atoms with Crippen molar-refractivity contribution in [1.82, 2.24) is 5.43 Å². The molecule has 20 heavy (non-hydrogen) atoms. The van der Waals surface area contributed by atoms with Gasteiger partial charge in [0.05, 0.1) is 4.47 Å². The molecule has 2 rings (SSSR count). The molecule has 0 saturated heterocycles. The average Bonchev–Trinajstić information content (AvgIpc) is 2.47. The fraction of sp³-hybridized carbons (Fsp3) is 0.467. The lowest BCUT2D eigenvalue weighted by molar-refractivity contribution is 0.473. The highest BCUT2D eigenvalue weighted by Gasteiger charge is 2.18. The highest BCUT2D eigenvalue weighted by Crippen LogP contribution is 2.26. The van der Waals surface area contributed by atoms with Gasteiger partial charge >= 0.3 is 0 Å². The third-order valence-electron chi connectivity index (χ3n) is 3.72. The number of nitrogens with two attached hydrogens (primary N) is 1. The summed E-state index contributed by atoms with van der Waals surface area (Å²) in [6, 6.07) is 2.50. The van der Waals surface area contributed by atoms with E-state index in [9.17, 15) is 8.78 Å². The standard InChI is InChI=1S/C15H19BrF2N2/c16-13-6-7-14(17)12(15(13)18)9-11(20-19)8-10-4-2-1-3-5-10/h4,6-7,11,20H,1-3,5,8-9,19H2. The highest BCUT2D eigenvalue weighted by molar-refractivity contribution is 9.10. The zero-order valence-corrected chi connectivity index (χ0v) is 12.8. The minimum absolute atomic E-state index is 0.0822. The van der Waals surface area contributed by atoms with E-state index in [0.717, 1.165) is 19.3 Å².